The lowest BCUT2D eigenvalue weighted by Crippen LogP contribution is -2.08. The van der Waals surface area contributed by atoms with Gasteiger partial charge in [-0.15, -0.1) is 0 Å². The average molecular weight is 246 g/mol. The van der Waals surface area contributed by atoms with Crippen LogP contribution < -0.4 is 5.32 Å². The largest absolute Gasteiger partial charge is 0.320 e. The smallest absolute Gasteiger partial charge is 0.124 e. The van der Waals surface area contributed by atoms with Crippen LogP contribution in [0.2, 0.25) is 0 Å². The molecule has 3 heteroatoms. The van der Waals surface area contributed by atoms with E-state index in [1.54, 1.807) is 6.07 Å². The van der Waals surface area contributed by atoms with Crippen molar-refractivity contribution in [3.05, 3.63) is 34.1 Å². The average Bonchev–Trinajstić information content (AvgIpc) is 2.03. The molecule has 0 aliphatic heterocycles. The van der Waals surface area contributed by atoms with Crippen molar-refractivity contribution in [3.63, 3.8) is 0 Å². The SMILES string of the molecule is CNCCCc1cc(F)cc(Br)c1. The zero-order valence-corrected chi connectivity index (χ0v) is 9.20. The van der Waals surface area contributed by atoms with Crippen LogP contribution in [0.1, 0.15) is 12.0 Å². The van der Waals surface area contributed by atoms with Gasteiger partial charge in [0, 0.05) is 4.47 Å². The summed E-state index contributed by atoms with van der Waals surface area (Å²) < 4.78 is 13.7. The van der Waals surface area contributed by atoms with Gasteiger partial charge in [0.15, 0.2) is 0 Å². The van der Waals surface area contributed by atoms with Gasteiger partial charge in [-0.3, -0.25) is 0 Å². The number of halogens is 2. The lowest BCUT2D eigenvalue weighted by atomic mass is 10.1. The number of benzene rings is 1. The van der Waals surface area contributed by atoms with Crippen LogP contribution in [0, 0.1) is 5.82 Å². The van der Waals surface area contributed by atoms with Gasteiger partial charge in [0.2, 0.25) is 0 Å². The predicted molar refractivity (Wildman–Crippen MR) is 56.3 cm³/mol. The second-order valence-electron chi connectivity index (χ2n) is 2.98. The van der Waals surface area contributed by atoms with E-state index < -0.39 is 0 Å². The van der Waals surface area contributed by atoms with E-state index in [-0.39, 0.29) is 5.82 Å². The van der Waals surface area contributed by atoms with Gasteiger partial charge in [0.05, 0.1) is 0 Å². The van der Waals surface area contributed by atoms with Crippen molar-refractivity contribution in [2.24, 2.45) is 0 Å². The first-order valence-electron chi connectivity index (χ1n) is 4.32. The number of aryl methyl sites for hydroxylation is 1. The monoisotopic (exact) mass is 245 g/mol. The number of hydrogen-bond acceptors (Lipinski definition) is 1. The Morgan fingerprint density at radius 2 is 2.15 bits per heavy atom. The molecule has 0 fully saturated rings. The highest BCUT2D eigenvalue weighted by atomic mass is 79.9. The third-order valence-electron chi connectivity index (χ3n) is 1.81. The molecule has 1 rings (SSSR count). The lowest BCUT2D eigenvalue weighted by Gasteiger charge is -2.02. The molecular formula is C10H13BrFN. The van der Waals surface area contributed by atoms with Crippen LogP contribution in [0.25, 0.3) is 0 Å². The molecule has 0 unspecified atom stereocenters. The molecule has 0 radical (unpaired) electrons. The first-order chi connectivity index (χ1) is 6.22. The summed E-state index contributed by atoms with van der Waals surface area (Å²) in [5, 5.41) is 3.06. The number of hydrogen-bond donors (Lipinski definition) is 1. The van der Waals surface area contributed by atoms with Gasteiger partial charge < -0.3 is 5.32 Å². The van der Waals surface area contributed by atoms with E-state index in [0.29, 0.717) is 0 Å². The zero-order chi connectivity index (χ0) is 9.68. The summed E-state index contributed by atoms with van der Waals surface area (Å²) in [6.45, 7) is 0.966. The summed E-state index contributed by atoms with van der Waals surface area (Å²) in [6, 6.07) is 5.01. The molecule has 0 amide bonds. The third kappa shape index (κ3) is 3.87. The van der Waals surface area contributed by atoms with Crippen LogP contribution in [0.15, 0.2) is 22.7 Å². The van der Waals surface area contributed by atoms with Crippen molar-refractivity contribution < 1.29 is 4.39 Å². The Morgan fingerprint density at radius 1 is 1.38 bits per heavy atom. The predicted octanol–water partition coefficient (Wildman–Crippen LogP) is 2.74. The maximum Gasteiger partial charge on any atom is 0.124 e. The summed E-state index contributed by atoms with van der Waals surface area (Å²) >= 11 is 3.27. The second kappa shape index (κ2) is 5.35. The minimum absolute atomic E-state index is 0.172. The maximum atomic E-state index is 12.9. The number of nitrogens with one attached hydrogen (secondary N) is 1. The quantitative estimate of drug-likeness (QED) is 0.805. The maximum absolute atomic E-state index is 12.9. The molecule has 1 N–H and O–H groups in total. The van der Waals surface area contributed by atoms with E-state index in [1.165, 1.54) is 6.07 Å². The van der Waals surface area contributed by atoms with Gasteiger partial charge in [0.25, 0.3) is 0 Å². The molecule has 1 aromatic carbocycles. The highest BCUT2D eigenvalue weighted by Crippen LogP contribution is 2.15. The molecule has 0 aromatic heterocycles. The van der Waals surface area contributed by atoms with Crippen LogP contribution in [-0.4, -0.2) is 13.6 Å². The lowest BCUT2D eigenvalue weighted by molar-refractivity contribution is 0.622. The van der Waals surface area contributed by atoms with Crippen molar-refractivity contribution in [3.8, 4) is 0 Å². The number of rotatable bonds is 4. The minimum atomic E-state index is -0.172. The summed E-state index contributed by atoms with van der Waals surface area (Å²) in [5.74, 6) is -0.172. The molecule has 0 aliphatic carbocycles. The van der Waals surface area contributed by atoms with Gasteiger partial charge in [-0.2, -0.15) is 0 Å². The van der Waals surface area contributed by atoms with Crippen molar-refractivity contribution in [1.82, 2.24) is 5.32 Å². The van der Waals surface area contributed by atoms with E-state index in [9.17, 15) is 4.39 Å². The highest BCUT2D eigenvalue weighted by Gasteiger charge is 1.98. The molecule has 0 aliphatic rings. The Labute approximate surface area is 86.5 Å². The Hall–Kier alpha value is -0.410. The molecule has 0 bridgehead atoms. The Balaban J connectivity index is 2.56. The third-order valence-corrected chi connectivity index (χ3v) is 2.27. The Morgan fingerprint density at radius 3 is 2.77 bits per heavy atom. The van der Waals surface area contributed by atoms with E-state index >= 15 is 0 Å². The van der Waals surface area contributed by atoms with E-state index in [0.717, 1.165) is 29.4 Å². The van der Waals surface area contributed by atoms with Gasteiger partial charge in [0.1, 0.15) is 5.82 Å². The Bertz CT molecular complexity index is 255. The molecule has 0 heterocycles. The van der Waals surface area contributed by atoms with Crippen molar-refractivity contribution in [2.75, 3.05) is 13.6 Å². The molecule has 72 valence electrons. The normalized spacial score (nSPS) is 10.4. The van der Waals surface area contributed by atoms with E-state index in [1.807, 2.05) is 13.1 Å². The van der Waals surface area contributed by atoms with E-state index in [2.05, 4.69) is 21.2 Å². The van der Waals surface area contributed by atoms with Crippen LogP contribution in [0.3, 0.4) is 0 Å². The first-order valence-corrected chi connectivity index (χ1v) is 5.11. The second-order valence-corrected chi connectivity index (χ2v) is 3.90. The summed E-state index contributed by atoms with van der Waals surface area (Å²) in [7, 11) is 1.92. The molecule has 0 saturated heterocycles. The molecular weight excluding hydrogens is 233 g/mol. The summed E-state index contributed by atoms with van der Waals surface area (Å²) in [4.78, 5) is 0. The molecule has 0 spiro atoms. The Kier molecular flexibility index (Phi) is 4.39. The molecule has 0 atom stereocenters. The molecule has 13 heavy (non-hydrogen) atoms. The fourth-order valence-corrected chi connectivity index (χ4v) is 1.74. The van der Waals surface area contributed by atoms with Crippen molar-refractivity contribution in [2.45, 2.75) is 12.8 Å². The molecule has 0 saturated carbocycles. The first kappa shape index (κ1) is 10.7. The summed E-state index contributed by atoms with van der Waals surface area (Å²) in [6.07, 6.45) is 1.95. The van der Waals surface area contributed by atoms with E-state index in [4.69, 9.17) is 0 Å². The standard InChI is InChI=1S/C10H13BrFN/c1-13-4-2-3-8-5-9(11)7-10(12)6-8/h5-7,13H,2-4H2,1H3. The molecule has 1 aromatic rings. The minimum Gasteiger partial charge on any atom is -0.320 e. The van der Waals surface area contributed by atoms with Crippen LogP contribution in [-0.2, 0) is 6.42 Å². The van der Waals surface area contributed by atoms with Gasteiger partial charge in [-0.25, -0.2) is 4.39 Å². The molecule has 1 nitrogen and oxygen atoms in total. The fraction of sp³-hybridized carbons (Fsp3) is 0.400. The highest BCUT2D eigenvalue weighted by molar-refractivity contribution is 9.10. The van der Waals surface area contributed by atoms with Crippen LogP contribution in [0.5, 0.6) is 0 Å². The van der Waals surface area contributed by atoms with Gasteiger partial charge in [-0.05, 0) is 50.2 Å². The van der Waals surface area contributed by atoms with Crippen LogP contribution >= 0.6 is 15.9 Å². The van der Waals surface area contributed by atoms with Gasteiger partial charge >= 0.3 is 0 Å². The van der Waals surface area contributed by atoms with Crippen molar-refractivity contribution >= 4 is 15.9 Å². The topological polar surface area (TPSA) is 12.0 Å². The van der Waals surface area contributed by atoms with Gasteiger partial charge in [-0.1, -0.05) is 15.9 Å². The summed E-state index contributed by atoms with van der Waals surface area (Å²) in [5.41, 5.74) is 1.04. The van der Waals surface area contributed by atoms with Crippen LogP contribution in [0.4, 0.5) is 4.39 Å². The fourth-order valence-electron chi connectivity index (χ4n) is 1.22. The zero-order valence-electron chi connectivity index (χ0n) is 7.61. The van der Waals surface area contributed by atoms with Crippen molar-refractivity contribution in [1.29, 1.82) is 0 Å².